The second-order valence-electron chi connectivity index (χ2n) is 4.57. The Morgan fingerprint density at radius 2 is 2.05 bits per heavy atom. The number of benzene rings is 1. The number of methoxy groups -OCH3 is 1. The molecule has 0 fully saturated rings. The number of ether oxygens (including phenoxy) is 2. The zero-order valence-electron chi connectivity index (χ0n) is 11.5. The van der Waals surface area contributed by atoms with Gasteiger partial charge in [0.25, 0.3) is 0 Å². The van der Waals surface area contributed by atoms with Crippen LogP contribution in [0.15, 0.2) is 36.4 Å². The van der Waals surface area contributed by atoms with Crippen molar-refractivity contribution in [2.75, 3.05) is 13.7 Å². The first-order valence-electron chi connectivity index (χ1n) is 6.36. The van der Waals surface area contributed by atoms with Crippen LogP contribution < -0.4 is 4.74 Å². The van der Waals surface area contributed by atoms with E-state index in [1.807, 2.05) is 24.3 Å². The summed E-state index contributed by atoms with van der Waals surface area (Å²) in [6.45, 7) is 2.21. The summed E-state index contributed by atoms with van der Waals surface area (Å²) in [5, 5.41) is 0. The van der Waals surface area contributed by atoms with Crippen molar-refractivity contribution < 1.29 is 19.1 Å². The number of carbonyl (C=O) groups is 2. The number of carbonyl (C=O) groups excluding carboxylic acids is 2. The van der Waals surface area contributed by atoms with Gasteiger partial charge in [-0.15, -0.1) is 0 Å². The SMILES string of the molecule is COc1ccc(CN2C[C@H](OC(C)=O)C=CC2=O)cc1. The molecule has 5 heteroatoms. The lowest BCUT2D eigenvalue weighted by molar-refractivity contribution is -0.147. The smallest absolute Gasteiger partial charge is 0.303 e. The van der Waals surface area contributed by atoms with Crippen LogP contribution in [0, 0.1) is 0 Å². The van der Waals surface area contributed by atoms with Gasteiger partial charge in [0.1, 0.15) is 11.9 Å². The van der Waals surface area contributed by atoms with Gasteiger partial charge in [-0.1, -0.05) is 12.1 Å². The molecule has 0 aromatic heterocycles. The highest BCUT2D eigenvalue weighted by atomic mass is 16.5. The van der Waals surface area contributed by atoms with Crippen molar-refractivity contribution in [3.8, 4) is 5.75 Å². The maximum absolute atomic E-state index is 11.8. The molecule has 0 saturated carbocycles. The van der Waals surface area contributed by atoms with Crippen LogP contribution in [0.25, 0.3) is 0 Å². The van der Waals surface area contributed by atoms with Crippen molar-refractivity contribution in [3.05, 3.63) is 42.0 Å². The summed E-state index contributed by atoms with van der Waals surface area (Å²) in [6.07, 6.45) is 2.69. The van der Waals surface area contributed by atoms with Crippen LogP contribution in [-0.4, -0.2) is 36.5 Å². The predicted octanol–water partition coefficient (Wildman–Crippen LogP) is 1.53. The Balaban J connectivity index is 2.02. The second-order valence-corrected chi connectivity index (χ2v) is 4.57. The minimum Gasteiger partial charge on any atom is -0.497 e. The summed E-state index contributed by atoms with van der Waals surface area (Å²) in [7, 11) is 1.61. The normalized spacial score (nSPS) is 18.0. The lowest BCUT2D eigenvalue weighted by Gasteiger charge is -2.28. The monoisotopic (exact) mass is 275 g/mol. The number of esters is 1. The molecule has 106 valence electrons. The fourth-order valence-electron chi connectivity index (χ4n) is 2.05. The summed E-state index contributed by atoms with van der Waals surface area (Å²) in [4.78, 5) is 24.4. The Bertz CT molecular complexity index is 521. The van der Waals surface area contributed by atoms with Gasteiger partial charge < -0.3 is 14.4 Å². The van der Waals surface area contributed by atoms with Crippen LogP contribution in [0.5, 0.6) is 5.75 Å². The molecule has 1 aliphatic heterocycles. The lowest BCUT2D eigenvalue weighted by atomic mass is 10.1. The molecule has 0 bridgehead atoms. The topological polar surface area (TPSA) is 55.8 Å². The van der Waals surface area contributed by atoms with Gasteiger partial charge in [-0.2, -0.15) is 0 Å². The quantitative estimate of drug-likeness (QED) is 0.782. The van der Waals surface area contributed by atoms with Crippen LogP contribution >= 0.6 is 0 Å². The molecule has 5 nitrogen and oxygen atoms in total. The van der Waals surface area contributed by atoms with Crippen LogP contribution in [0.3, 0.4) is 0 Å². The molecule has 0 N–H and O–H groups in total. The third-order valence-corrected chi connectivity index (χ3v) is 3.02. The molecule has 1 amide bonds. The van der Waals surface area contributed by atoms with E-state index in [2.05, 4.69) is 0 Å². The molecule has 20 heavy (non-hydrogen) atoms. The number of hydrogen-bond donors (Lipinski definition) is 0. The molecule has 1 aromatic rings. The van der Waals surface area contributed by atoms with E-state index in [9.17, 15) is 9.59 Å². The summed E-state index contributed by atoms with van der Waals surface area (Å²) in [5.41, 5.74) is 0.996. The van der Waals surface area contributed by atoms with E-state index in [4.69, 9.17) is 9.47 Å². The lowest BCUT2D eigenvalue weighted by Crippen LogP contribution is -2.40. The third kappa shape index (κ3) is 3.60. The molecule has 0 aliphatic carbocycles. The molecule has 1 aromatic carbocycles. The first kappa shape index (κ1) is 14.1. The van der Waals surface area contributed by atoms with Gasteiger partial charge in [0, 0.05) is 19.5 Å². The van der Waals surface area contributed by atoms with Crippen molar-refractivity contribution in [3.63, 3.8) is 0 Å². The molecule has 0 spiro atoms. The zero-order chi connectivity index (χ0) is 14.5. The summed E-state index contributed by atoms with van der Waals surface area (Å²) in [5.74, 6) is 0.346. The highest BCUT2D eigenvalue weighted by Crippen LogP contribution is 2.15. The van der Waals surface area contributed by atoms with Gasteiger partial charge in [0.2, 0.25) is 5.91 Å². The van der Waals surface area contributed by atoms with Gasteiger partial charge in [0.15, 0.2) is 0 Å². The Kier molecular flexibility index (Phi) is 4.40. The molecule has 1 atom stereocenters. The molecule has 2 rings (SSSR count). The van der Waals surface area contributed by atoms with Crippen molar-refractivity contribution in [2.24, 2.45) is 0 Å². The van der Waals surface area contributed by atoms with E-state index < -0.39 is 0 Å². The fraction of sp³-hybridized carbons (Fsp3) is 0.333. The third-order valence-electron chi connectivity index (χ3n) is 3.02. The Morgan fingerprint density at radius 3 is 2.65 bits per heavy atom. The standard InChI is InChI=1S/C15H17NO4/c1-11(17)20-14-7-8-15(18)16(10-14)9-12-3-5-13(19-2)6-4-12/h3-8,14H,9-10H2,1-2H3/t14-/m1/s1. The zero-order valence-corrected chi connectivity index (χ0v) is 11.5. The molecule has 0 unspecified atom stereocenters. The predicted molar refractivity (Wildman–Crippen MR) is 73.1 cm³/mol. The first-order chi connectivity index (χ1) is 9.58. The molecule has 0 radical (unpaired) electrons. The van der Waals surface area contributed by atoms with Gasteiger partial charge in [0.05, 0.1) is 13.7 Å². The number of rotatable bonds is 4. The maximum Gasteiger partial charge on any atom is 0.303 e. The van der Waals surface area contributed by atoms with Crippen molar-refractivity contribution in [2.45, 2.75) is 19.6 Å². The first-order valence-corrected chi connectivity index (χ1v) is 6.36. The van der Waals surface area contributed by atoms with Crippen molar-refractivity contribution in [1.29, 1.82) is 0 Å². The largest absolute Gasteiger partial charge is 0.497 e. The molecular weight excluding hydrogens is 258 g/mol. The van der Waals surface area contributed by atoms with Gasteiger partial charge >= 0.3 is 5.97 Å². The Morgan fingerprint density at radius 1 is 1.35 bits per heavy atom. The van der Waals surface area contributed by atoms with Crippen LogP contribution in [0.1, 0.15) is 12.5 Å². The van der Waals surface area contributed by atoms with E-state index >= 15 is 0 Å². The van der Waals surface area contributed by atoms with E-state index in [0.29, 0.717) is 13.1 Å². The van der Waals surface area contributed by atoms with E-state index in [1.165, 1.54) is 13.0 Å². The highest BCUT2D eigenvalue weighted by Gasteiger charge is 2.22. The summed E-state index contributed by atoms with van der Waals surface area (Å²) < 4.78 is 10.2. The van der Waals surface area contributed by atoms with Gasteiger partial charge in [-0.05, 0) is 23.8 Å². The molecule has 0 saturated heterocycles. The molecule has 1 aliphatic rings. The minimum atomic E-state index is -0.372. The van der Waals surface area contributed by atoms with E-state index in [-0.39, 0.29) is 18.0 Å². The Hall–Kier alpha value is -2.30. The van der Waals surface area contributed by atoms with E-state index in [0.717, 1.165) is 11.3 Å². The molecule has 1 heterocycles. The van der Waals surface area contributed by atoms with E-state index in [1.54, 1.807) is 18.1 Å². The average Bonchev–Trinajstić information content (AvgIpc) is 2.43. The van der Waals surface area contributed by atoms with Gasteiger partial charge in [-0.3, -0.25) is 9.59 Å². The summed E-state index contributed by atoms with van der Waals surface area (Å²) in [6, 6.07) is 7.52. The van der Waals surface area contributed by atoms with Crippen LogP contribution in [0.2, 0.25) is 0 Å². The average molecular weight is 275 g/mol. The fourth-order valence-corrected chi connectivity index (χ4v) is 2.05. The maximum atomic E-state index is 11.8. The van der Waals surface area contributed by atoms with Crippen molar-refractivity contribution in [1.82, 2.24) is 4.90 Å². The number of amides is 1. The van der Waals surface area contributed by atoms with Gasteiger partial charge in [-0.25, -0.2) is 0 Å². The highest BCUT2D eigenvalue weighted by molar-refractivity contribution is 5.88. The van der Waals surface area contributed by atoms with Crippen LogP contribution in [-0.2, 0) is 20.9 Å². The second kappa shape index (κ2) is 6.23. The minimum absolute atomic E-state index is 0.0794. The number of hydrogen-bond acceptors (Lipinski definition) is 4. The number of nitrogens with zero attached hydrogens (tertiary/aromatic N) is 1. The molecular formula is C15H17NO4. The summed E-state index contributed by atoms with van der Waals surface area (Å²) >= 11 is 0. The van der Waals surface area contributed by atoms with Crippen molar-refractivity contribution >= 4 is 11.9 Å². The Labute approximate surface area is 117 Å². The van der Waals surface area contributed by atoms with Crippen LogP contribution in [0.4, 0.5) is 0 Å².